The molecule has 0 saturated heterocycles. The number of aryl methyl sites for hydroxylation is 1. The van der Waals surface area contributed by atoms with E-state index in [2.05, 4.69) is 4.98 Å². The maximum Gasteiger partial charge on any atom is 0.261 e. The molecule has 3 rings (SSSR count). The molecule has 1 heterocycles. The van der Waals surface area contributed by atoms with Crippen LogP contribution in [-0.2, 0) is 6.54 Å². The summed E-state index contributed by atoms with van der Waals surface area (Å²) >= 11 is 6.04. The third-order valence-corrected chi connectivity index (χ3v) is 3.77. The second-order valence-corrected chi connectivity index (χ2v) is 5.32. The van der Waals surface area contributed by atoms with Gasteiger partial charge in [0.1, 0.15) is 18.2 Å². The molecular formula is C17H15ClN2O2. The van der Waals surface area contributed by atoms with E-state index in [1.807, 2.05) is 37.3 Å². The van der Waals surface area contributed by atoms with Crippen molar-refractivity contribution in [1.29, 1.82) is 0 Å². The number of fused-ring (bicyclic) bond motifs is 1. The van der Waals surface area contributed by atoms with Crippen molar-refractivity contribution >= 4 is 22.5 Å². The van der Waals surface area contributed by atoms with Crippen molar-refractivity contribution in [2.45, 2.75) is 13.5 Å². The number of hydrogen-bond donors (Lipinski definition) is 0. The van der Waals surface area contributed by atoms with E-state index in [-0.39, 0.29) is 5.56 Å². The molecule has 0 amide bonds. The highest BCUT2D eigenvalue weighted by atomic mass is 35.5. The highest BCUT2D eigenvalue weighted by Gasteiger charge is 2.08. The van der Waals surface area contributed by atoms with Gasteiger partial charge in [0.25, 0.3) is 5.56 Å². The number of halogens is 1. The molecule has 3 aromatic rings. The smallest absolute Gasteiger partial charge is 0.261 e. The topological polar surface area (TPSA) is 44.1 Å². The minimum atomic E-state index is -0.0501. The summed E-state index contributed by atoms with van der Waals surface area (Å²) in [4.78, 5) is 17.0. The third-order valence-electron chi connectivity index (χ3n) is 3.46. The summed E-state index contributed by atoms with van der Waals surface area (Å²) in [6.45, 7) is 2.60. The minimum absolute atomic E-state index is 0.0501. The van der Waals surface area contributed by atoms with Crippen LogP contribution in [0.25, 0.3) is 10.9 Å². The molecule has 112 valence electrons. The molecule has 0 aliphatic heterocycles. The Bertz CT molecular complexity index is 874. The van der Waals surface area contributed by atoms with Gasteiger partial charge in [0.15, 0.2) is 0 Å². The Balaban J connectivity index is 1.82. The first-order chi connectivity index (χ1) is 10.7. The number of hydrogen-bond acceptors (Lipinski definition) is 3. The second kappa shape index (κ2) is 6.20. The van der Waals surface area contributed by atoms with Crippen molar-refractivity contribution in [3.05, 3.63) is 69.7 Å². The van der Waals surface area contributed by atoms with Crippen molar-refractivity contribution in [2.75, 3.05) is 6.61 Å². The summed E-state index contributed by atoms with van der Waals surface area (Å²) in [6, 6.07) is 14.6. The number of aromatic nitrogens is 2. The van der Waals surface area contributed by atoms with Crippen LogP contribution in [0.3, 0.4) is 0 Å². The number of nitrogens with zero attached hydrogens (tertiary/aromatic N) is 2. The largest absolute Gasteiger partial charge is 0.490 e. The standard InChI is InChI=1S/C17H15ClN2O2/c1-12-19-15-8-4-2-6-13(15)17(21)20(12)10-11-22-16-9-5-3-7-14(16)18/h2-9H,10-11H2,1H3. The van der Waals surface area contributed by atoms with Crippen molar-refractivity contribution in [1.82, 2.24) is 9.55 Å². The molecule has 22 heavy (non-hydrogen) atoms. The maximum atomic E-state index is 12.5. The number of ether oxygens (including phenoxy) is 1. The van der Waals surface area contributed by atoms with Crippen molar-refractivity contribution < 1.29 is 4.74 Å². The normalized spacial score (nSPS) is 10.8. The van der Waals surface area contributed by atoms with Crippen LogP contribution in [0, 0.1) is 6.92 Å². The van der Waals surface area contributed by atoms with Crippen LogP contribution in [0.2, 0.25) is 5.02 Å². The fraction of sp³-hybridized carbons (Fsp3) is 0.176. The molecule has 0 fully saturated rings. The first-order valence-electron chi connectivity index (χ1n) is 7.00. The van der Waals surface area contributed by atoms with Crippen LogP contribution in [0.5, 0.6) is 5.75 Å². The molecule has 0 bridgehead atoms. The lowest BCUT2D eigenvalue weighted by Gasteiger charge is -2.12. The van der Waals surface area contributed by atoms with Crippen molar-refractivity contribution in [3.8, 4) is 5.75 Å². The predicted molar refractivity (Wildman–Crippen MR) is 87.7 cm³/mol. The first-order valence-corrected chi connectivity index (χ1v) is 7.38. The van der Waals surface area contributed by atoms with Gasteiger partial charge in [-0.1, -0.05) is 35.9 Å². The molecule has 0 N–H and O–H groups in total. The van der Waals surface area contributed by atoms with E-state index < -0.39 is 0 Å². The Morgan fingerprint density at radius 2 is 1.86 bits per heavy atom. The number of rotatable bonds is 4. The zero-order valence-electron chi connectivity index (χ0n) is 12.1. The second-order valence-electron chi connectivity index (χ2n) is 4.91. The monoisotopic (exact) mass is 314 g/mol. The van der Waals surface area contributed by atoms with Crippen LogP contribution in [0.15, 0.2) is 53.3 Å². The van der Waals surface area contributed by atoms with Gasteiger partial charge < -0.3 is 4.74 Å². The van der Waals surface area contributed by atoms with Gasteiger partial charge in [0.2, 0.25) is 0 Å². The lowest BCUT2D eigenvalue weighted by atomic mass is 10.2. The van der Waals surface area contributed by atoms with Crippen LogP contribution < -0.4 is 10.3 Å². The fourth-order valence-electron chi connectivity index (χ4n) is 2.35. The van der Waals surface area contributed by atoms with E-state index >= 15 is 0 Å². The lowest BCUT2D eigenvalue weighted by molar-refractivity contribution is 0.294. The van der Waals surface area contributed by atoms with Crippen molar-refractivity contribution in [2.24, 2.45) is 0 Å². The average Bonchev–Trinajstić information content (AvgIpc) is 2.52. The maximum absolute atomic E-state index is 12.5. The van der Waals surface area contributed by atoms with Gasteiger partial charge in [-0.15, -0.1) is 0 Å². The van der Waals surface area contributed by atoms with Gasteiger partial charge in [0, 0.05) is 0 Å². The van der Waals surface area contributed by atoms with Gasteiger partial charge >= 0.3 is 0 Å². The van der Waals surface area contributed by atoms with Crippen LogP contribution in [0.4, 0.5) is 0 Å². The first kappa shape index (κ1) is 14.6. The van der Waals surface area contributed by atoms with E-state index in [0.717, 1.165) is 0 Å². The molecule has 0 aliphatic carbocycles. The molecule has 0 saturated carbocycles. The lowest BCUT2D eigenvalue weighted by Crippen LogP contribution is -2.26. The fourth-order valence-corrected chi connectivity index (χ4v) is 2.54. The molecule has 0 unspecified atom stereocenters. The molecule has 4 nitrogen and oxygen atoms in total. The molecular weight excluding hydrogens is 300 g/mol. The summed E-state index contributed by atoms with van der Waals surface area (Å²) in [7, 11) is 0. The molecule has 0 spiro atoms. The van der Waals surface area contributed by atoms with E-state index in [1.54, 1.807) is 22.8 Å². The van der Waals surface area contributed by atoms with E-state index in [4.69, 9.17) is 16.3 Å². The zero-order valence-corrected chi connectivity index (χ0v) is 12.9. The molecule has 1 aromatic heterocycles. The molecule has 0 aliphatic rings. The Morgan fingerprint density at radius 1 is 1.14 bits per heavy atom. The van der Waals surface area contributed by atoms with Crippen molar-refractivity contribution in [3.63, 3.8) is 0 Å². The zero-order chi connectivity index (χ0) is 15.5. The molecule has 5 heteroatoms. The quantitative estimate of drug-likeness (QED) is 0.741. The predicted octanol–water partition coefficient (Wildman–Crippen LogP) is 3.44. The van der Waals surface area contributed by atoms with Gasteiger partial charge in [-0.3, -0.25) is 9.36 Å². The summed E-state index contributed by atoms with van der Waals surface area (Å²) in [5.74, 6) is 1.29. The SMILES string of the molecule is Cc1nc2ccccc2c(=O)n1CCOc1ccccc1Cl. The summed E-state index contributed by atoms with van der Waals surface area (Å²) in [5, 5.41) is 1.18. The van der Waals surface area contributed by atoms with Gasteiger partial charge in [-0.2, -0.15) is 0 Å². The van der Waals surface area contributed by atoms with E-state index in [1.165, 1.54) is 0 Å². The Morgan fingerprint density at radius 3 is 2.68 bits per heavy atom. The number of benzene rings is 2. The Labute approximate surface area is 132 Å². The van der Waals surface area contributed by atoms with E-state index in [0.29, 0.717) is 40.7 Å². The molecule has 2 aromatic carbocycles. The summed E-state index contributed by atoms with van der Waals surface area (Å²) in [5.41, 5.74) is 0.666. The van der Waals surface area contributed by atoms with Gasteiger partial charge in [-0.25, -0.2) is 4.98 Å². The minimum Gasteiger partial charge on any atom is -0.490 e. The van der Waals surface area contributed by atoms with Gasteiger partial charge in [-0.05, 0) is 31.2 Å². The Hall–Kier alpha value is -2.33. The van der Waals surface area contributed by atoms with Crippen LogP contribution in [0.1, 0.15) is 5.82 Å². The van der Waals surface area contributed by atoms with Crippen LogP contribution >= 0.6 is 11.6 Å². The molecule has 0 atom stereocenters. The molecule has 0 radical (unpaired) electrons. The summed E-state index contributed by atoms with van der Waals surface area (Å²) < 4.78 is 7.27. The van der Waals surface area contributed by atoms with Gasteiger partial charge in [0.05, 0.1) is 22.5 Å². The third kappa shape index (κ3) is 2.83. The number of para-hydroxylation sites is 2. The highest BCUT2D eigenvalue weighted by molar-refractivity contribution is 6.32. The summed E-state index contributed by atoms with van der Waals surface area (Å²) in [6.07, 6.45) is 0. The Kier molecular flexibility index (Phi) is 4.11. The average molecular weight is 315 g/mol. The van der Waals surface area contributed by atoms with E-state index in [9.17, 15) is 4.79 Å². The van der Waals surface area contributed by atoms with Crippen LogP contribution in [-0.4, -0.2) is 16.2 Å². The highest BCUT2D eigenvalue weighted by Crippen LogP contribution is 2.22.